The van der Waals surface area contributed by atoms with E-state index < -0.39 is 12.1 Å². The second-order valence-corrected chi connectivity index (χ2v) is 5.08. The molecule has 1 unspecified atom stereocenters. The molecule has 3 aromatic rings. The zero-order chi connectivity index (χ0) is 16.4. The molecule has 1 N–H and O–H groups in total. The molecule has 7 heteroatoms. The Morgan fingerprint density at radius 2 is 2.26 bits per heavy atom. The van der Waals surface area contributed by atoms with Crippen LogP contribution in [0, 0.1) is 17.3 Å². The van der Waals surface area contributed by atoms with Crippen LogP contribution in [0.3, 0.4) is 0 Å². The Labute approximate surface area is 131 Å². The highest BCUT2D eigenvalue weighted by atomic mass is 19.1. The second-order valence-electron chi connectivity index (χ2n) is 5.08. The van der Waals surface area contributed by atoms with E-state index in [2.05, 4.69) is 16.2 Å². The molecule has 0 amide bonds. The molecule has 0 aliphatic rings. The molecule has 0 saturated carbocycles. The first-order valence-electron chi connectivity index (χ1n) is 6.93. The monoisotopic (exact) mass is 312 g/mol. The van der Waals surface area contributed by atoms with E-state index in [1.165, 1.54) is 23.0 Å². The van der Waals surface area contributed by atoms with Gasteiger partial charge >= 0.3 is 0 Å². The first-order valence-corrected chi connectivity index (χ1v) is 6.93. The van der Waals surface area contributed by atoms with Gasteiger partial charge in [-0.1, -0.05) is 0 Å². The summed E-state index contributed by atoms with van der Waals surface area (Å²) in [7, 11) is 0. The van der Waals surface area contributed by atoms with Crippen LogP contribution in [0.15, 0.2) is 36.8 Å². The minimum Gasteiger partial charge on any atom is -0.489 e. The second kappa shape index (κ2) is 6.02. The zero-order valence-corrected chi connectivity index (χ0v) is 12.3. The average molecular weight is 312 g/mol. The van der Waals surface area contributed by atoms with Gasteiger partial charge in [-0.25, -0.2) is 9.50 Å². The van der Waals surface area contributed by atoms with Gasteiger partial charge in [0, 0.05) is 17.3 Å². The predicted octanol–water partition coefficient (Wildman–Crippen LogP) is 2.17. The van der Waals surface area contributed by atoms with Crippen LogP contribution in [0.25, 0.3) is 16.6 Å². The van der Waals surface area contributed by atoms with Crippen molar-refractivity contribution in [2.45, 2.75) is 13.0 Å². The summed E-state index contributed by atoms with van der Waals surface area (Å²) in [5.41, 5.74) is 2.27. The molecule has 0 fully saturated rings. The molecule has 0 radical (unpaired) electrons. The van der Waals surface area contributed by atoms with Gasteiger partial charge in [0.25, 0.3) is 0 Å². The van der Waals surface area contributed by atoms with Gasteiger partial charge in [0.2, 0.25) is 5.95 Å². The highest BCUT2D eigenvalue weighted by Crippen LogP contribution is 2.30. The number of hydrogen-bond donors (Lipinski definition) is 1. The van der Waals surface area contributed by atoms with Crippen molar-refractivity contribution in [3.05, 3.63) is 48.3 Å². The molecule has 116 valence electrons. The maximum absolute atomic E-state index is 13.1. The van der Waals surface area contributed by atoms with Gasteiger partial charge in [-0.05, 0) is 25.1 Å². The number of fused-ring (bicyclic) bond motifs is 1. The van der Waals surface area contributed by atoms with Crippen LogP contribution in [-0.2, 0) is 0 Å². The summed E-state index contributed by atoms with van der Waals surface area (Å²) in [5, 5.41) is 22.7. The molecular weight excluding hydrogens is 299 g/mol. The van der Waals surface area contributed by atoms with Crippen LogP contribution in [0.1, 0.15) is 12.5 Å². The Morgan fingerprint density at radius 1 is 1.43 bits per heavy atom. The molecule has 0 aliphatic carbocycles. The van der Waals surface area contributed by atoms with Crippen molar-refractivity contribution in [1.82, 2.24) is 14.6 Å². The lowest BCUT2D eigenvalue weighted by Crippen LogP contribution is -2.13. The number of halogens is 1. The molecule has 3 rings (SSSR count). The quantitative estimate of drug-likeness (QED) is 0.746. The van der Waals surface area contributed by atoms with Gasteiger partial charge in [-0.15, -0.1) is 0 Å². The molecule has 0 saturated heterocycles. The first-order chi connectivity index (χ1) is 11.1. The van der Waals surface area contributed by atoms with Crippen LogP contribution in [-0.4, -0.2) is 32.4 Å². The number of aliphatic hydroxyl groups excluding tert-OH is 1. The lowest BCUT2D eigenvalue weighted by molar-refractivity contribution is 0.122. The fourth-order valence-corrected chi connectivity index (χ4v) is 2.23. The topological polar surface area (TPSA) is 83.4 Å². The summed E-state index contributed by atoms with van der Waals surface area (Å²) in [6.07, 6.45) is 3.85. The molecular formula is C16H13FN4O2. The van der Waals surface area contributed by atoms with Gasteiger partial charge in [-0.3, -0.25) is 0 Å². The molecule has 0 aliphatic heterocycles. The van der Waals surface area contributed by atoms with Gasteiger partial charge in [0.1, 0.15) is 18.4 Å². The number of pyridine rings is 2. The van der Waals surface area contributed by atoms with Crippen molar-refractivity contribution in [1.29, 1.82) is 5.26 Å². The third kappa shape index (κ3) is 2.98. The summed E-state index contributed by atoms with van der Waals surface area (Å²) < 4.78 is 20.1. The Hall–Kier alpha value is -2.98. The van der Waals surface area contributed by atoms with E-state index in [1.807, 2.05) is 0 Å². The maximum atomic E-state index is 13.1. The number of rotatable bonds is 4. The molecule has 3 heterocycles. The summed E-state index contributed by atoms with van der Waals surface area (Å²) in [6, 6.07) is 6.62. The number of nitrogens with zero attached hydrogens (tertiary/aromatic N) is 4. The normalized spacial score (nSPS) is 12.1. The standard InChI is InChI=1S/C16H13FN4O2/c1-10(22)9-23-13-4-14(11-2-3-15(17)19-6-11)16-12(5-18)7-20-21(16)8-13/h2-4,6-8,10,22H,9H2,1H3. The third-order valence-corrected chi connectivity index (χ3v) is 3.24. The van der Waals surface area contributed by atoms with Crippen LogP contribution < -0.4 is 4.74 Å². The summed E-state index contributed by atoms with van der Waals surface area (Å²) in [4.78, 5) is 3.65. The van der Waals surface area contributed by atoms with Gasteiger partial charge in [-0.2, -0.15) is 14.8 Å². The Morgan fingerprint density at radius 3 is 2.91 bits per heavy atom. The van der Waals surface area contributed by atoms with Crippen molar-refractivity contribution in [3.8, 4) is 22.9 Å². The lowest BCUT2D eigenvalue weighted by atomic mass is 10.1. The average Bonchev–Trinajstić information content (AvgIpc) is 2.96. The van der Waals surface area contributed by atoms with Crippen molar-refractivity contribution in [3.63, 3.8) is 0 Å². The van der Waals surface area contributed by atoms with E-state index in [9.17, 15) is 14.8 Å². The van der Waals surface area contributed by atoms with Gasteiger partial charge in [0.15, 0.2) is 0 Å². The summed E-state index contributed by atoms with van der Waals surface area (Å²) in [5.74, 6) is -0.106. The SMILES string of the molecule is CC(O)COc1cc(-c2ccc(F)nc2)c2c(C#N)cnn2c1. The number of aromatic nitrogens is 3. The number of aliphatic hydroxyl groups is 1. The zero-order valence-electron chi connectivity index (χ0n) is 12.3. The van der Waals surface area contributed by atoms with E-state index in [1.54, 1.807) is 25.3 Å². The molecule has 1 atom stereocenters. The van der Waals surface area contributed by atoms with E-state index in [4.69, 9.17) is 4.74 Å². The van der Waals surface area contributed by atoms with E-state index >= 15 is 0 Å². The summed E-state index contributed by atoms with van der Waals surface area (Å²) >= 11 is 0. The molecule has 3 aromatic heterocycles. The molecule has 6 nitrogen and oxygen atoms in total. The predicted molar refractivity (Wildman–Crippen MR) is 80.3 cm³/mol. The molecule has 0 bridgehead atoms. The van der Waals surface area contributed by atoms with Gasteiger partial charge in [0.05, 0.1) is 29.6 Å². The first kappa shape index (κ1) is 14.9. The number of nitriles is 1. The highest BCUT2D eigenvalue weighted by Gasteiger charge is 2.14. The van der Waals surface area contributed by atoms with E-state index in [0.29, 0.717) is 28.0 Å². The third-order valence-electron chi connectivity index (χ3n) is 3.24. The number of hydrogen-bond acceptors (Lipinski definition) is 5. The molecule has 0 aromatic carbocycles. The minimum atomic E-state index is -0.617. The van der Waals surface area contributed by atoms with E-state index in [0.717, 1.165) is 0 Å². The largest absolute Gasteiger partial charge is 0.489 e. The van der Waals surface area contributed by atoms with Crippen LogP contribution in [0.4, 0.5) is 4.39 Å². The molecule has 23 heavy (non-hydrogen) atoms. The van der Waals surface area contributed by atoms with Crippen molar-refractivity contribution < 1.29 is 14.2 Å². The Bertz CT molecular complexity index is 881. The number of ether oxygens (including phenoxy) is 1. The smallest absolute Gasteiger partial charge is 0.212 e. The van der Waals surface area contributed by atoms with Crippen molar-refractivity contribution in [2.24, 2.45) is 0 Å². The maximum Gasteiger partial charge on any atom is 0.212 e. The van der Waals surface area contributed by atoms with Crippen LogP contribution in [0.2, 0.25) is 0 Å². The highest BCUT2D eigenvalue weighted by molar-refractivity contribution is 5.84. The lowest BCUT2D eigenvalue weighted by Gasteiger charge is -2.11. The van der Waals surface area contributed by atoms with Crippen LogP contribution >= 0.6 is 0 Å². The fraction of sp³-hybridized carbons (Fsp3) is 0.188. The van der Waals surface area contributed by atoms with Gasteiger partial charge < -0.3 is 9.84 Å². The Kier molecular flexibility index (Phi) is 3.91. The van der Waals surface area contributed by atoms with Crippen LogP contribution in [0.5, 0.6) is 5.75 Å². The minimum absolute atomic E-state index is 0.124. The fourth-order valence-electron chi connectivity index (χ4n) is 2.23. The van der Waals surface area contributed by atoms with E-state index in [-0.39, 0.29) is 6.61 Å². The Balaban J connectivity index is 2.17. The van der Waals surface area contributed by atoms with Crippen molar-refractivity contribution in [2.75, 3.05) is 6.61 Å². The van der Waals surface area contributed by atoms with Crippen molar-refractivity contribution >= 4 is 5.52 Å². The molecule has 0 spiro atoms. The summed E-state index contributed by atoms with van der Waals surface area (Å²) in [6.45, 7) is 1.74.